The highest BCUT2D eigenvalue weighted by Gasteiger charge is 2.51. The monoisotopic (exact) mass is 380 g/mol. The first-order valence-electron chi connectivity index (χ1n) is 6.16. The Morgan fingerprint density at radius 1 is 1.35 bits per heavy atom. The summed E-state index contributed by atoms with van der Waals surface area (Å²) in [7, 11) is 0. The fraction of sp³-hybridized carbons (Fsp3) is 0.818. The summed E-state index contributed by atoms with van der Waals surface area (Å²) < 4.78 is -0.783. The topological polar surface area (TPSA) is 49.4 Å². The van der Waals surface area contributed by atoms with Crippen LogP contribution in [-0.4, -0.2) is 30.3 Å². The van der Waals surface area contributed by atoms with E-state index in [1.165, 1.54) is 0 Å². The molecule has 1 N–H and O–H groups in total. The Kier molecular flexibility index (Phi) is 6.60. The average molecular weight is 382 g/mol. The molecule has 0 aromatic carbocycles. The highest BCUT2D eigenvalue weighted by Crippen LogP contribution is 2.46. The van der Waals surface area contributed by atoms with Gasteiger partial charge in [-0.15, -0.1) is 23.2 Å². The fourth-order valence-electron chi connectivity index (χ4n) is 1.80. The molecule has 1 heterocycles. The van der Waals surface area contributed by atoms with Gasteiger partial charge in [0, 0.05) is 11.9 Å². The number of urea groups is 1. The number of nitrogens with zero attached hydrogens (tertiary/aromatic N) is 1. The van der Waals surface area contributed by atoms with Crippen molar-refractivity contribution in [2.45, 2.75) is 53.6 Å². The van der Waals surface area contributed by atoms with Crippen LogP contribution in [0.1, 0.15) is 39.5 Å². The Labute approximate surface area is 142 Å². The number of amides is 3. The van der Waals surface area contributed by atoms with E-state index in [9.17, 15) is 9.59 Å². The van der Waals surface area contributed by atoms with E-state index in [4.69, 9.17) is 46.4 Å². The summed E-state index contributed by atoms with van der Waals surface area (Å²) in [5, 5.41) is 2.66. The van der Waals surface area contributed by atoms with E-state index in [1.54, 1.807) is 6.92 Å². The highest BCUT2D eigenvalue weighted by molar-refractivity contribution is 8.02. The molecule has 20 heavy (non-hydrogen) atoms. The molecular weight excluding hydrogens is 366 g/mol. The van der Waals surface area contributed by atoms with Crippen LogP contribution >= 0.6 is 58.4 Å². The zero-order chi connectivity index (χ0) is 15.6. The number of alkyl halides is 4. The first-order valence-corrected chi connectivity index (χ1v) is 8.56. The third-order valence-corrected chi connectivity index (χ3v) is 6.18. The summed E-state index contributed by atoms with van der Waals surface area (Å²) >= 11 is 23.7. The van der Waals surface area contributed by atoms with Gasteiger partial charge >= 0.3 is 6.03 Å². The van der Waals surface area contributed by atoms with Gasteiger partial charge in [0.2, 0.25) is 3.67 Å². The lowest BCUT2D eigenvalue weighted by Gasteiger charge is -2.25. The van der Waals surface area contributed by atoms with Crippen molar-refractivity contribution in [3.05, 3.63) is 0 Å². The van der Waals surface area contributed by atoms with E-state index in [1.807, 2.05) is 0 Å². The molecule has 0 aromatic heterocycles. The van der Waals surface area contributed by atoms with Gasteiger partial charge in [-0.05, 0) is 13.3 Å². The first-order chi connectivity index (χ1) is 9.14. The zero-order valence-corrected chi connectivity index (χ0v) is 14.9. The van der Waals surface area contributed by atoms with E-state index in [0.29, 0.717) is 18.4 Å². The first kappa shape index (κ1) is 18.5. The molecule has 1 rings (SSSR count). The van der Waals surface area contributed by atoms with Crippen LogP contribution < -0.4 is 5.32 Å². The largest absolute Gasteiger partial charge is 0.335 e. The summed E-state index contributed by atoms with van der Waals surface area (Å²) in [6, 6.07) is -0.557. The van der Waals surface area contributed by atoms with Crippen molar-refractivity contribution in [3.63, 3.8) is 0 Å². The second-order valence-electron chi connectivity index (χ2n) is 4.77. The number of rotatable bonds is 7. The Bertz CT molecular complexity index is 395. The van der Waals surface area contributed by atoms with Crippen molar-refractivity contribution < 1.29 is 9.59 Å². The Hall–Kier alpha value is 0.450. The summed E-state index contributed by atoms with van der Waals surface area (Å²) in [5.41, 5.74) is -0.933. The van der Waals surface area contributed by atoms with Gasteiger partial charge in [0.25, 0.3) is 5.91 Å². The quantitative estimate of drug-likeness (QED) is 0.306. The van der Waals surface area contributed by atoms with Gasteiger partial charge in [0.15, 0.2) is 4.84 Å². The van der Waals surface area contributed by atoms with E-state index < -0.39 is 20.1 Å². The Balaban J connectivity index is 2.76. The molecule has 116 valence electrons. The number of carbonyl (C=O) groups excluding carboxylic acids is 2. The molecule has 1 aliphatic heterocycles. The molecule has 1 atom stereocenters. The van der Waals surface area contributed by atoms with Crippen molar-refractivity contribution >= 4 is 70.3 Å². The average Bonchev–Trinajstić information content (AvgIpc) is 2.53. The van der Waals surface area contributed by atoms with Crippen molar-refractivity contribution in [2.24, 2.45) is 0 Å². The number of unbranched alkanes of at least 4 members (excludes halogenated alkanes) is 2. The lowest BCUT2D eigenvalue weighted by Crippen LogP contribution is -2.43. The van der Waals surface area contributed by atoms with E-state index in [-0.39, 0.29) is 5.91 Å². The van der Waals surface area contributed by atoms with Crippen LogP contribution in [0, 0.1) is 0 Å². The number of halogens is 4. The van der Waals surface area contributed by atoms with E-state index in [2.05, 4.69) is 12.2 Å². The van der Waals surface area contributed by atoms with Gasteiger partial charge in [0.1, 0.15) is 5.54 Å². The summed E-state index contributed by atoms with van der Waals surface area (Å²) in [6.45, 7) is 3.75. The third-order valence-electron chi connectivity index (χ3n) is 2.97. The van der Waals surface area contributed by atoms with E-state index in [0.717, 1.165) is 23.6 Å². The van der Waals surface area contributed by atoms with Gasteiger partial charge in [-0.1, -0.05) is 49.4 Å². The molecular formula is C11H16Cl4N2O2S. The van der Waals surface area contributed by atoms with Crippen LogP contribution in [0.25, 0.3) is 0 Å². The van der Waals surface area contributed by atoms with Crippen LogP contribution in [-0.2, 0) is 4.79 Å². The SMILES string of the molecule is CCCCCC1(C)NC(=O)N(SC(Cl)(Cl)C(Cl)Cl)C1=O. The maximum atomic E-state index is 12.4. The molecule has 0 aromatic rings. The van der Waals surface area contributed by atoms with Crippen molar-refractivity contribution in [1.82, 2.24) is 9.62 Å². The maximum absolute atomic E-state index is 12.4. The second-order valence-corrected chi connectivity index (χ2v) is 8.89. The second kappa shape index (κ2) is 7.14. The predicted molar refractivity (Wildman–Crippen MR) is 85.4 cm³/mol. The molecule has 1 saturated heterocycles. The molecule has 4 nitrogen and oxygen atoms in total. The molecule has 1 aliphatic rings. The summed E-state index contributed by atoms with van der Waals surface area (Å²) in [6.07, 6.45) is 3.43. The number of imide groups is 1. The van der Waals surface area contributed by atoms with Gasteiger partial charge in [-0.25, -0.2) is 4.79 Å². The molecule has 0 saturated carbocycles. The lowest BCUT2D eigenvalue weighted by molar-refractivity contribution is -0.127. The smallest absolute Gasteiger partial charge is 0.323 e. The molecule has 1 unspecified atom stereocenters. The van der Waals surface area contributed by atoms with Crippen LogP contribution in [0.3, 0.4) is 0 Å². The van der Waals surface area contributed by atoms with Crippen LogP contribution in [0.4, 0.5) is 4.79 Å². The van der Waals surface area contributed by atoms with E-state index >= 15 is 0 Å². The van der Waals surface area contributed by atoms with Gasteiger partial charge in [-0.3, -0.25) is 4.79 Å². The minimum Gasteiger partial charge on any atom is -0.323 e. The fourth-order valence-corrected chi connectivity index (χ4v) is 3.19. The predicted octanol–water partition coefficient (Wildman–Crippen LogP) is 4.46. The lowest BCUT2D eigenvalue weighted by atomic mass is 9.95. The summed E-state index contributed by atoms with van der Waals surface area (Å²) in [4.78, 5) is 23.1. The molecule has 9 heteroatoms. The normalized spacial score (nSPS) is 23.6. The van der Waals surface area contributed by atoms with Gasteiger partial charge in [-0.2, -0.15) is 4.31 Å². The van der Waals surface area contributed by atoms with Crippen molar-refractivity contribution in [1.29, 1.82) is 0 Å². The number of nitrogens with one attached hydrogen (secondary N) is 1. The molecule has 0 aliphatic carbocycles. The number of hydrogen-bond donors (Lipinski definition) is 1. The third kappa shape index (κ3) is 4.23. The maximum Gasteiger partial charge on any atom is 0.335 e. The standard InChI is InChI=1S/C11H16Cl4N2O2S/c1-3-4-5-6-10(2)8(18)17(9(19)16-10)20-11(14,15)7(12)13/h7H,3-6H2,1-2H3,(H,16,19). The molecule has 0 radical (unpaired) electrons. The molecule has 0 bridgehead atoms. The molecule has 1 fully saturated rings. The van der Waals surface area contributed by atoms with Gasteiger partial charge < -0.3 is 5.32 Å². The highest BCUT2D eigenvalue weighted by atomic mass is 35.5. The van der Waals surface area contributed by atoms with Crippen LogP contribution in [0.2, 0.25) is 0 Å². The molecule has 3 amide bonds. The summed E-state index contributed by atoms with van der Waals surface area (Å²) in [5.74, 6) is -0.386. The van der Waals surface area contributed by atoms with Crippen molar-refractivity contribution in [2.75, 3.05) is 0 Å². The minimum atomic E-state index is -1.68. The number of hydrogen-bond acceptors (Lipinski definition) is 3. The molecule has 0 spiro atoms. The minimum absolute atomic E-state index is 0.386. The Morgan fingerprint density at radius 2 is 1.95 bits per heavy atom. The van der Waals surface area contributed by atoms with Gasteiger partial charge in [0.05, 0.1) is 0 Å². The zero-order valence-electron chi connectivity index (χ0n) is 11.1. The number of carbonyl (C=O) groups is 2. The van der Waals surface area contributed by atoms with Crippen LogP contribution in [0.15, 0.2) is 0 Å². The van der Waals surface area contributed by atoms with Crippen LogP contribution in [0.5, 0.6) is 0 Å². The van der Waals surface area contributed by atoms with Crippen molar-refractivity contribution in [3.8, 4) is 0 Å². The Morgan fingerprint density at radius 3 is 2.45 bits per heavy atom.